The molecular formula is C15H22N2O. The van der Waals surface area contributed by atoms with Gasteiger partial charge in [-0.2, -0.15) is 5.26 Å². The second-order valence-electron chi connectivity index (χ2n) is 4.79. The number of hydrogen-bond donors (Lipinski definition) is 0. The third-order valence-electron chi connectivity index (χ3n) is 3.40. The van der Waals surface area contributed by atoms with Gasteiger partial charge in [0.05, 0.1) is 19.7 Å². The van der Waals surface area contributed by atoms with Gasteiger partial charge in [0.15, 0.2) is 0 Å². The standard InChI is InChI=1S/C15H22N2O/c1-11-10-12(2)14(15(18-5)13(11)3)6-8-17(4)9-7-16/h10H,6,8-9H2,1-5H3. The normalized spacial score (nSPS) is 10.5. The van der Waals surface area contributed by atoms with Crippen LogP contribution in [0.5, 0.6) is 5.75 Å². The van der Waals surface area contributed by atoms with Crippen molar-refractivity contribution in [3.8, 4) is 11.8 Å². The first-order valence-electron chi connectivity index (χ1n) is 6.20. The number of methoxy groups -OCH3 is 1. The van der Waals surface area contributed by atoms with E-state index in [0.29, 0.717) is 6.54 Å². The molecule has 1 rings (SSSR count). The smallest absolute Gasteiger partial charge is 0.125 e. The van der Waals surface area contributed by atoms with Crippen molar-refractivity contribution in [2.45, 2.75) is 27.2 Å². The van der Waals surface area contributed by atoms with Crippen molar-refractivity contribution in [2.75, 3.05) is 27.2 Å². The summed E-state index contributed by atoms with van der Waals surface area (Å²) in [6, 6.07) is 4.37. The van der Waals surface area contributed by atoms with Crippen molar-refractivity contribution in [2.24, 2.45) is 0 Å². The van der Waals surface area contributed by atoms with Gasteiger partial charge in [-0.15, -0.1) is 0 Å². The quantitative estimate of drug-likeness (QED) is 0.749. The highest BCUT2D eigenvalue weighted by Gasteiger charge is 2.12. The fourth-order valence-corrected chi connectivity index (χ4v) is 2.19. The molecule has 0 bridgehead atoms. The van der Waals surface area contributed by atoms with Gasteiger partial charge in [-0.1, -0.05) is 6.07 Å². The zero-order valence-electron chi connectivity index (χ0n) is 12.0. The first-order valence-corrected chi connectivity index (χ1v) is 6.20. The zero-order chi connectivity index (χ0) is 13.7. The van der Waals surface area contributed by atoms with Crippen LogP contribution in [-0.2, 0) is 6.42 Å². The van der Waals surface area contributed by atoms with Gasteiger partial charge in [-0.3, -0.25) is 4.90 Å². The number of benzene rings is 1. The summed E-state index contributed by atoms with van der Waals surface area (Å²) in [6.07, 6.45) is 0.911. The summed E-state index contributed by atoms with van der Waals surface area (Å²) < 4.78 is 5.55. The van der Waals surface area contributed by atoms with E-state index in [1.54, 1.807) is 7.11 Å². The lowest BCUT2D eigenvalue weighted by Crippen LogP contribution is -2.22. The first-order chi connectivity index (χ1) is 8.51. The largest absolute Gasteiger partial charge is 0.496 e. The maximum absolute atomic E-state index is 8.65. The molecule has 0 unspecified atom stereocenters. The maximum atomic E-state index is 8.65. The van der Waals surface area contributed by atoms with Gasteiger partial charge >= 0.3 is 0 Å². The molecule has 0 aliphatic heterocycles. The molecule has 0 saturated carbocycles. The highest BCUT2D eigenvalue weighted by Crippen LogP contribution is 2.29. The molecule has 0 aromatic heterocycles. The predicted octanol–water partition coefficient (Wildman–Crippen LogP) is 2.62. The molecule has 1 aromatic carbocycles. The predicted molar refractivity (Wildman–Crippen MR) is 74.0 cm³/mol. The summed E-state index contributed by atoms with van der Waals surface area (Å²) in [4.78, 5) is 2.02. The van der Waals surface area contributed by atoms with E-state index < -0.39 is 0 Å². The molecule has 0 aliphatic carbocycles. The minimum Gasteiger partial charge on any atom is -0.496 e. The lowest BCUT2D eigenvalue weighted by atomic mass is 9.97. The Bertz CT molecular complexity index is 461. The molecule has 1 aromatic rings. The molecule has 0 spiro atoms. The highest BCUT2D eigenvalue weighted by molar-refractivity contribution is 5.49. The molecule has 0 saturated heterocycles. The summed E-state index contributed by atoms with van der Waals surface area (Å²) in [5, 5.41) is 8.65. The van der Waals surface area contributed by atoms with Crippen LogP contribution >= 0.6 is 0 Å². The minimum absolute atomic E-state index is 0.464. The lowest BCUT2D eigenvalue weighted by Gasteiger charge is -2.19. The second kappa shape index (κ2) is 6.42. The van der Waals surface area contributed by atoms with Crippen LogP contribution in [0.15, 0.2) is 6.07 Å². The monoisotopic (exact) mass is 246 g/mol. The third kappa shape index (κ3) is 3.24. The van der Waals surface area contributed by atoms with Crippen LogP contribution in [0.1, 0.15) is 22.3 Å². The van der Waals surface area contributed by atoms with Crippen LogP contribution in [0.25, 0.3) is 0 Å². The van der Waals surface area contributed by atoms with E-state index in [0.717, 1.165) is 18.7 Å². The van der Waals surface area contributed by atoms with Gasteiger partial charge in [0.2, 0.25) is 0 Å². The van der Waals surface area contributed by atoms with Crippen molar-refractivity contribution in [1.82, 2.24) is 4.90 Å². The Hall–Kier alpha value is -1.53. The number of hydrogen-bond acceptors (Lipinski definition) is 3. The van der Waals surface area contributed by atoms with Gasteiger partial charge in [0.25, 0.3) is 0 Å². The molecule has 0 amide bonds. The van der Waals surface area contributed by atoms with Crippen molar-refractivity contribution in [1.29, 1.82) is 5.26 Å². The number of rotatable bonds is 5. The molecule has 98 valence electrons. The number of nitriles is 1. The summed E-state index contributed by atoms with van der Waals surface area (Å²) in [7, 11) is 3.69. The van der Waals surface area contributed by atoms with E-state index in [1.165, 1.54) is 22.3 Å². The number of nitrogens with zero attached hydrogens (tertiary/aromatic N) is 2. The van der Waals surface area contributed by atoms with E-state index >= 15 is 0 Å². The van der Waals surface area contributed by atoms with Gasteiger partial charge in [-0.25, -0.2) is 0 Å². The Balaban J connectivity index is 2.95. The molecule has 0 N–H and O–H groups in total. The van der Waals surface area contributed by atoms with Gasteiger partial charge in [0, 0.05) is 6.54 Å². The van der Waals surface area contributed by atoms with Gasteiger partial charge in [0.1, 0.15) is 5.75 Å². The molecule has 18 heavy (non-hydrogen) atoms. The number of ether oxygens (including phenoxy) is 1. The lowest BCUT2D eigenvalue weighted by molar-refractivity contribution is 0.369. The molecule has 3 nitrogen and oxygen atoms in total. The zero-order valence-corrected chi connectivity index (χ0v) is 12.0. The molecule has 0 radical (unpaired) electrons. The Kier molecular flexibility index (Phi) is 5.18. The number of likely N-dealkylation sites (N-methyl/N-ethyl adjacent to an activating group) is 1. The van der Waals surface area contributed by atoms with E-state index in [4.69, 9.17) is 10.00 Å². The fraction of sp³-hybridized carbons (Fsp3) is 0.533. The Morgan fingerprint density at radius 2 is 1.94 bits per heavy atom. The maximum Gasteiger partial charge on any atom is 0.125 e. The third-order valence-corrected chi connectivity index (χ3v) is 3.40. The molecule has 0 heterocycles. The van der Waals surface area contributed by atoms with Gasteiger partial charge < -0.3 is 4.74 Å². The molecule has 0 aliphatic rings. The average molecular weight is 246 g/mol. The molecule has 3 heteroatoms. The Morgan fingerprint density at radius 1 is 1.28 bits per heavy atom. The second-order valence-corrected chi connectivity index (χ2v) is 4.79. The summed E-state index contributed by atoms with van der Waals surface area (Å²) >= 11 is 0. The number of aryl methyl sites for hydroxylation is 2. The SMILES string of the molecule is COc1c(C)c(C)cc(C)c1CCN(C)CC#N. The molecule has 0 atom stereocenters. The summed E-state index contributed by atoms with van der Waals surface area (Å²) in [5.74, 6) is 0.998. The van der Waals surface area contributed by atoms with Crippen LogP contribution in [-0.4, -0.2) is 32.1 Å². The van der Waals surface area contributed by atoms with Crippen molar-refractivity contribution in [3.05, 3.63) is 28.3 Å². The first kappa shape index (κ1) is 14.5. The average Bonchev–Trinajstić information content (AvgIpc) is 2.32. The topological polar surface area (TPSA) is 36.3 Å². The van der Waals surface area contributed by atoms with Gasteiger partial charge in [-0.05, 0) is 56.5 Å². The van der Waals surface area contributed by atoms with E-state index in [-0.39, 0.29) is 0 Å². The fourth-order valence-electron chi connectivity index (χ4n) is 2.19. The van der Waals surface area contributed by atoms with Crippen LogP contribution in [0.3, 0.4) is 0 Å². The van der Waals surface area contributed by atoms with Crippen LogP contribution in [0, 0.1) is 32.1 Å². The van der Waals surface area contributed by atoms with Crippen molar-refractivity contribution in [3.63, 3.8) is 0 Å². The Morgan fingerprint density at radius 3 is 2.50 bits per heavy atom. The van der Waals surface area contributed by atoms with Crippen LogP contribution < -0.4 is 4.74 Å². The summed E-state index contributed by atoms with van der Waals surface area (Å²) in [5.41, 5.74) is 4.99. The van der Waals surface area contributed by atoms with Crippen molar-refractivity contribution >= 4 is 0 Å². The van der Waals surface area contributed by atoms with Crippen LogP contribution in [0.2, 0.25) is 0 Å². The van der Waals surface area contributed by atoms with E-state index in [2.05, 4.69) is 32.9 Å². The molecule has 0 fully saturated rings. The minimum atomic E-state index is 0.464. The van der Waals surface area contributed by atoms with Crippen molar-refractivity contribution < 1.29 is 4.74 Å². The van der Waals surface area contributed by atoms with E-state index in [1.807, 2.05) is 11.9 Å². The molecular weight excluding hydrogens is 224 g/mol. The van der Waals surface area contributed by atoms with E-state index in [9.17, 15) is 0 Å². The Labute approximate surface area is 110 Å². The highest BCUT2D eigenvalue weighted by atomic mass is 16.5. The summed E-state index contributed by atoms with van der Waals surface area (Å²) in [6.45, 7) is 7.65. The van der Waals surface area contributed by atoms with Crippen LogP contribution in [0.4, 0.5) is 0 Å².